The third-order valence-electron chi connectivity index (χ3n) is 2.96. The van der Waals surface area contributed by atoms with Gasteiger partial charge >= 0.3 is 0 Å². The molecule has 100 valence electrons. The number of hydrogen-bond donors (Lipinski definition) is 1. The molecule has 2 rings (SSSR count). The van der Waals surface area contributed by atoms with Gasteiger partial charge in [-0.05, 0) is 31.9 Å². The lowest BCUT2D eigenvalue weighted by molar-refractivity contribution is 0.419. The van der Waals surface area contributed by atoms with Crippen molar-refractivity contribution in [2.24, 2.45) is 0 Å². The Morgan fingerprint density at radius 1 is 1.44 bits per heavy atom. The van der Waals surface area contributed by atoms with E-state index < -0.39 is 10.0 Å². The maximum absolute atomic E-state index is 12.6. The summed E-state index contributed by atoms with van der Waals surface area (Å²) in [7, 11) is -3.48. The van der Waals surface area contributed by atoms with Crippen molar-refractivity contribution in [2.45, 2.75) is 37.8 Å². The third kappa shape index (κ3) is 2.49. The smallest absolute Gasteiger partial charge is 0.262 e. The summed E-state index contributed by atoms with van der Waals surface area (Å²) in [5.41, 5.74) is 0.583. The van der Waals surface area contributed by atoms with E-state index in [1.54, 1.807) is 16.4 Å². The minimum Gasteiger partial charge on any atom is -0.383 e. The molecular formula is C12H19N3O2S. The first-order valence-corrected chi connectivity index (χ1v) is 7.76. The lowest BCUT2D eigenvalue weighted by Crippen LogP contribution is -2.34. The van der Waals surface area contributed by atoms with Crippen molar-refractivity contribution in [2.75, 3.05) is 18.4 Å². The highest BCUT2D eigenvalue weighted by Crippen LogP contribution is 2.32. The monoisotopic (exact) mass is 269 g/mol. The molecule has 0 spiro atoms. The Kier molecular flexibility index (Phi) is 3.87. The molecule has 0 aromatic carbocycles. The number of aromatic nitrogens is 1. The van der Waals surface area contributed by atoms with Gasteiger partial charge in [0.15, 0.2) is 5.03 Å². The molecule has 0 radical (unpaired) electrons. The van der Waals surface area contributed by atoms with Gasteiger partial charge in [-0.3, -0.25) is 0 Å². The minimum absolute atomic E-state index is 0.139. The zero-order valence-electron chi connectivity index (χ0n) is 10.8. The fourth-order valence-corrected chi connectivity index (χ4v) is 3.80. The Hall–Kier alpha value is -1.14. The molecule has 0 unspecified atom stereocenters. The summed E-state index contributed by atoms with van der Waals surface area (Å²) in [4.78, 5) is 4.06. The van der Waals surface area contributed by atoms with Crippen LogP contribution >= 0.6 is 0 Å². The van der Waals surface area contributed by atoms with Crippen LogP contribution in [0.2, 0.25) is 0 Å². The maximum Gasteiger partial charge on any atom is 0.262 e. The van der Waals surface area contributed by atoms with Gasteiger partial charge < -0.3 is 5.32 Å². The van der Waals surface area contributed by atoms with Crippen LogP contribution in [0.4, 0.5) is 5.69 Å². The Labute approximate surface area is 108 Å². The van der Waals surface area contributed by atoms with Gasteiger partial charge in [0.05, 0.1) is 5.69 Å². The van der Waals surface area contributed by atoms with E-state index in [9.17, 15) is 8.42 Å². The number of nitrogens with zero attached hydrogens (tertiary/aromatic N) is 2. The van der Waals surface area contributed by atoms with E-state index in [2.05, 4.69) is 10.3 Å². The average Bonchev–Trinajstić information content (AvgIpc) is 3.15. The van der Waals surface area contributed by atoms with Gasteiger partial charge in [0.2, 0.25) is 0 Å². The molecule has 1 heterocycles. The number of pyridine rings is 1. The normalized spacial score (nSPS) is 15.9. The first-order valence-electron chi connectivity index (χ1n) is 6.32. The summed E-state index contributed by atoms with van der Waals surface area (Å²) in [6, 6.07) is 3.66. The second-order valence-corrected chi connectivity index (χ2v) is 6.13. The molecule has 1 aromatic rings. The van der Waals surface area contributed by atoms with Crippen LogP contribution in [0.15, 0.2) is 23.4 Å². The SMILES string of the molecule is CCNc1cccnc1S(=O)(=O)N(CC)C1CC1. The van der Waals surface area contributed by atoms with Crippen molar-refractivity contribution in [1.82, 2.24) is 9.29 Å². The summed E-state index contributed by atoms with van der Waals surface area (Å²) in [6.07, 6.45) is 3.43. The molecule has 5 nitrogen and oxygen atoms in total. The number of rotatable bonds is 6. The van der Waals surface area contributed by atoms with Gasteiger partial charge in [-0.1, -0.05) is 6.92 Å². The standard InChI is InChI=1S/C12H19N3O2S/c1-3-13-11-6-5-9-14-12(11)18(16,17)15(4-2)10-7-8-10/h5-6,9-10,13H,3-4,7-8H2,1-2H3. The van der Waals surface area contributed by atoms with E-state index in [4.69, 9.17) is 0 Å². The topological polar surface area (TPSA) is 62.3 Å². The maximum atomic E-state index is 12.6. The molecule has 1 N–H and O–H groups in total. The van der Waals surface area contributed by atoms with E-state index in [-0.39, 0.29) is 11.1 Å². The summed E-state index contributed by atoms with van der Waals surface area (Å²) in [5.74, 6) is 0. The fraction of sp³-hybridized carbons (Fsp3) is 0.583. The van der Waals surface area contributed by atoms with Crippen LogP contribution in [0.25, 0.3) is 0 Å². The number of hydrogen-bond acceptors (Lipinski definition) is 4. The Bertz CT molecular complexity index is 512. The van der Waals surface area contributed by atoms with Gasteiger partial charge in [0, 0.05) is 25.3 Å². The molecule has 18 heavy (non-hydrogen) atoms. The van der Waals surface area contributed by atoms with E-state index in [1.165, 1.54) is 6.20 Å². The Morgan fingerprint density at radius 2 is 2.17 bits per heavy atom. The summed E-state index contributed by atoms with van der Waals surface area (Å²) in [6.45, 7) is 4.96. The van der Waals surface area contributed by atoms with E-state index in [0.29, 0.717) is 18.8 Å². The summed E-state index contributed by atoms with van der Waals surface area (Å²) >= 11 is 0. The van der Waals surface area contributed by atoms with Crippen LogP contribution in [0.5, 0.6) is 0 Å². The molecular weight excluding hydrogens is 250 g/mol. The lowest BCUT2D eigenvalue weighted by Gasteiger charge is -2.20. The van der Waals surface area contributed by atoms with Crippen molar-refractivity contribution < 1.29 is 8.42 Å². The van der Waals surface area contributed by atoms with Crippen LogP contribution in [0.3, 0.4) is 0 Å². The molecule has 0 bridgehead atoms. The van der Waals surface area contributed by atoms with Crippen molar-refractivity contribution in [3.05, 3.63) is 18.3 Å². The zero-order chi connectivity index (χ0) is 13.2. The first kappa shape index (κ1) is 13.3. The molecule has 1 aliphatic rings. The summed E-state index contributed by atoms with van der Waals surface area (Å²) < 4.78 is 26.7. The largest absolute Gasteiger partial charge is 0.383 e. The van der Waals surface area contributed by atoms with Gasteiger partial charge in [0.25, 0.3) is 10.0 Å². The number of nitrogens with one attached hydrogen (secondary N) is 1. The fourth-order valence-electron chi connectivity index (χ4n) is 2.02. The van der Waals surface area contributed by atoms with Crippen molar-refractivity contribution in [3.63, 3.8) is 0 Å². The molecule has 0 saturated heterocycles. The number of sulfonamides is 1. The molecule has 0 amide bonds. The predicted octanol–water partition coefficient (Wildman–Crippen LogP) is 1.69. The van der Waals surface area contributed by atoms with Gasteiger partial charge in [-0.2, -0.15) is 4.31 Å². The predicted molar refractivity (Wildman–Crippen MR) is 71.0 cm³/mol. The first-order chi connectivity index (χ1) is 8.61. The van der Waals surface area contributed by atoms with Crippen LogP contribution in [-0.2, 0) is 10.0 Å². The highest BCUT2D eigenvalue weighted by molar-refractivity contribution is 7.89. The molecule has 1 fully saturated rings. The van der Waals surface area contributed by atoms with Crippen LogP contribution < -0.4 is 5.32 Å². The van der Waals surface area contributed by atoms with Gasteiger partial charge in [0.1, 0.15) is 0 Å². The van der Waals surface area contributed by atoms with Crippen molar-refractivity contribution in [1.29, 1.82) is 0 Å². The zero-order valence-corrected chi connectivity index (χ0v) is 11.6. The second kappa shape index (κ2) is 5.24. The van der Waals surface area contributed by atoms with E-state index >= 15 is 0 Å². The Balaban J connectivity index is 2.39. The van der Waals surface area contributed by atoms with Gasteiger partial charge in [-0.25, -0.2) is 13.4 Å². The molecule has 6 heteroatoms. The highest BCUT2D eigenvalue weighted by Gasteiger charge is 2.38. The second-order valence-electron chi connectivity index (χ2n) is 4.33. The molecule has 1 aliphatic carbocycles. The minimum atomic E-state index is -3.48. The Morgan fingerprint density at radius 3 is 2.72 bits per heavy atom. The van der Waals surface area contributed by atoms with Crippen LogP contribution in [0, 0.1) is 0 Å². The lowest BCUT2D eigenvalue weighted by atomic mass is 10.4. The molecule has 0 atom stereocenters. The van der Waals surface area contributed by atoms with Crippen LogP contribution in [-0.4, -0.2) is 36.8 Å². The van der Waals surface area contributed by atoms with Crippen molar-refractivity contribution in [3.8, 4) is 0 Å². The van der Waals surface area contributed by atoms with E-state index in [0.717, 1.165) is 12.8 Å². The summed E-state index contributed by atoms with van der Waals surface area (Å²) in [5, 5.41) is 3.19. The average molecular weight is 269 g/mol. The van der Waals surface area contributed by atoms with E-state index in [1.807, 2.05) is 13.8 Å². The molecule has 0 aliphatic heterocycles. The quantitative estimate of drug-likeness (QED) is 0.853. The molecule has 1 aromatic heterocycles. The third-order valence-corrected chi connectivity index (χ3v) is 4.95. The highest BCUT2D eigenvalue weighted by atomic mass is 32.2. The van der Waals surface area contributed by atoms with Crippen LogP contribution in [0.1, 0.15) is 26.7 Å². The van der Waals surface area contributed by atoms with Gasteiger partial charge in [-0.15, -0.1) is 0 Å². The van der Waals surface area contributed by atoms with Crippen molar-refractivity contribution >= 4 is 15.7 Å². The molecule has 1 saturated carbocycles. The number of anilines is 1.